The van der Waals surface area contributed by atoms with Crippen LogP contribution in [0.5, 0.6) is 0 Å². The van der Waals surface area contributed by atoms with Gasteiger partial charge in [0.1, 0.15) is 11.7 Å². The molecule has 114 valence electrons. The van der Waals surface area contributed by atoms with Gasteiger partial charge in [0.25, 0.3) is 5.91 Å². The minimum Gasteiger partial charge on any atom is -0.478 e. The number of methoxy groups -OCH3 is 1. The first kappa shape index (κ1) is 16.6. The van der Waals surface area contributed by atoms with E-state index in [1.54, 1.807) is 0 Å². The minimum absolute atomic E-state index is 0.220. The van der Waals surface area contributed by atoms with Gasteiger partial charge in [-0.25, -0.2) is 4.79 Å². The largest absolute Gasteiger partial charge is 0.478 e. The van der Waals surface area contributed by atoms with E-state index in [9.17, 15) is 14.4 Å². The number of hydrogen-bond acceptors (Lipinski definition) is 5. The van der Waals surface area contributed by atoms with E-state index < -0.39 is 23.8 Å². The van der Waals surface area contributed by atoms with Crippen LogP contribution in [0.4, 0.5) is 0 Å². The van der Waals surface area contributed by atoms with E-state index in [0.29, 0.717) is 13.2 Å². The van der Waals surface area contributed by atoms with Crippen molar-refractivity contribution in [3.8, 4) is 0 Å². The molecule has 3 N–H and O–H groups in total. The molecule has 1 aromatic heterocycles. The summed E-state index contributed by atoms with van der Waals surface area (Å²) < 4.78 is 4.79. The molecule has 0 aliphatic carbocycles. The third-order valence-corrected chi connectivity index (χ3v) is 2.60. The highest BCUT2D eigenvalue weighted by Crippen LogP contribution is 2.05. The van der Waals surface area contributed by atoms with Gasteiger partial charge in [0.2, 0.25) is 5.91 Å². The maximum atomic E-state index is 12.0. The van der Waals surface area contributed by atoms with Crippen molar-refractivity contribution in [1.29, 1.82) is 0 Å². The van der Waals surface area contributed by atoms with Crippen LogP contribution in [-0.4, -0.2) is 54.2 Å². The Morgan fingerprint density at radius 3 is 2.76 bits per heavy atom. The van der Waals surface area contributed by atoms with Crippen molar-refractivity contribution in [3.63, 3.8) is 0 Å². The Kier molecular flexibility index (Phi) is 6.28. The fourth-order valence-electron chi connectivity index (χ4n) is 1.52. The van der Waals surface area contributed by atoms with Crippen molar-refractivity contribution in [1.82, 2.24) is 15.6 Å². The number of carbonyl (C=O) groups excluding carboxylic acids is 2. The van der Waals surface area contributed by atoms with E-state index in [1.807, 2.05) is 0 Å². The molecule has 0 saturated carbocycles. The van der Waals surface area contributed by atoms with E-state index in [1.165, 1.54) is 32.4 Å². The number of aromatic nitrogens is 1. The second kappa shape index (κ2) is 7.95. The Balaban J connectivity index is 2.69. The molecular formula is C13H17N3O5. The molecule has 0 radical (unpaired) electrons. The maximum Gasteiger partial charge on any atom is 0.338 e. The molecule has 0 saturated heterocycles. The number of aromatic carboxylic acids is 1. The Bertz CT molecular complexity index is 532. The number of carboxylic acids is 1. The van der Waals surface area contributed by atoms with Gasteiger partial charge < -0.3 is 20.5 Å². The third-order valence-electron chi connectivity index (χ3n) is 2.60. The van der Waals surface area contributed by atoms with Crippen LogP contribution in [0.25, 0.3) is 0 Å². The Labute approximate surface area is 121 Å². The molecule has 0 bridgehead atoms. The molecule has 0 spiro atoms. The first-order valence-corrected chi connectivity index (χ1v) is 6.23. The summed E-state index contributed by atoms with van der Waals surface area (Å²) in [5.41, 5.74) is -0.455. The van der Waals surface area contributed by atoms with Crippen LogP contribution in [0.2, 0.25) is 0 Å². The summed E-state index contributed by atoms with van der Waals surface area (Å²) >= 11 is 0. The summed E-state index contributed by atoms with van der Waals surface area (Å²) in [4.78, 5) is 38.4. The van der Waals surface area contributed by atoms with Gasteiger partial charge in [-0.3, -0.25) is 14.6 Å². The lowest BCUT2D eigenvalue weighted by molar-refractivity contribution is -0.122. The average molecular weight is 295 g/mol. The normalized spacial score (nSPS) is 11.5. The van der Waals surface area contributed by atoms with E-state index in [2.05, 4.69) is 15.6 Å². The second-order valence-corrected chi connectivity index (χ2v) is 4.18. The highest BCUT2D eigenvalue weighted by atomic mass is 16.5. The molecule has 1 atom stereocenters. The summed E-state index contributed by atoms with van der Waals surface area (Å²) in [6, 6.07) is 1.87. The molecule has 0 fully saturated rings. The molecule has 1 rings (SSSR count). The lowest BCUT2D eigenvalue weighted by Gasteiger charge is -2.14. The number of ether oxygens (including phenoxy) is 1. The zero-order valence-corrected chi connectivity index (χ0v) is 11.8. The highest BCUT2D eigenvalue weighted by molar-refractivity contribution is 6.04. The standard InChI is InChI=1S/C13H17N3O5/c1-8(11(17)15-6-7-21-2)16-12(18)10-9(13(19)20)4-3-5-14-10/h3-5,8H,6-7H2,1-2H3,(H,15,17)(H,16,18)(H,19,20). The number of nitrogens with zero attached hydrogens (tertiary/aromatic N) is 1. The van der Waals surface area contributed by atoms with Gasteiger partial charge in [0, 0.05) is 19.9 Å². The molecule has 21 heavy (non-hydrogen) atoms. The number of carboxylic acid groups (broad SMARTS) is 1. The van der Waals surface area contributed by atoms with E-state index in [-0.39, 0.29) is 11.3 Å². The fourth-order valence-corrected chi connectivity index (χ4v) is 1.52. The second-order valence-electron chi connectivity index (χ2n) is 4.18. The van der Waals surface area contributed by atoms with Gasteiger partial charge in [-0.15, -0.1) is 0 Å². The quantitative estimate of drug-likeness (QED) is 0.592. The molecule has 8 nitrogen and oxygen atoms in total. The van der Waals surface area contributed by atoms with E-state index in [0.717, 1.165) is 0 Å². The van der Waals surface area contributed by atoms with Gasteiger partial charge >= 0.3 is 5.97 Å². The van der Waals surface area contributed by atoms with E-state index in [4.69, 9.17) is 9.84 Å². The van der Waals surface area contributed by atoms with Gasteiger partial charge in [-0.1, -0.05) is 0 Å². The molecule has 2 amide bonds. The highest BCUT2D eigenvalue weighted by Gasteiger charge is 2.21. The number of carbonyl (C=O) groups is 3. The molecule has 1 aromatic rings. The fraction of sp³-hybridized carbons (Fsp3) is 0.385. The zero-order valence-electron chi connectivity index (χ0n) is 11.8. The summed E-state index contributed by atoms with van der Waals surface area (Å²) in [7, 11) is 1.51. The SMILES string of the molecule is COCCNC(=O)C(C)NC(=O)c1ncccc1C(=O)O. The molecular weight excluding hydrogens is 278 g/mol. The molecule has 1 heterocycles. The van der Waals surface area contributed by atoms with Crippen LogP contribution in [0.3, 0.4) is 0 Å². The summed E-state index contributed by atoms with van der Waals surface area (Å²) in [6.45, 7) is 2.17. The topological polar surface area (TPSA) is 118 Å². The van der Waals surface area contributed by atoms with Crippen LogP contribution in [-0.2, 0) is 9.53 Å². The predicted molar refractivity (Wildman–Crippen MR) is 73.0 cm³/mol. The van der Waals surface area contributed by atoms with Crippen LogP contribution >= 0.6 is 0 Å². The predicted octanol–water partition coefficient (Wildman–Crippen LogP) is -0.339. The van der Waals surface area contributed by atoms with Gasteiger partial charge in [0.15, 0.2) is 0 Å². The Morgan fingerprint density at radius 1 is 1.43 bits per heavy atom. The summed E-state index contributed by atoms with van der Waals surface area (Å²) in [6.07, 6.45) is 1.31. The minimum atomic E-state index is -1.26. The van der Waals surface area contributed by atoms with E-state index >= 15 is 0 Å². The van der Waals surface area contributed by atoms with Crippen LogP contribution in [0, 0.1) is 0 Å². The lowest BCUT2D eigenvalue weighted by atomic mass is 10.1. The summed E-state index contributed by atoms with van der Waals surface area (Å²) in [5.74, 6) is -2.37. The van der Waals surface area contributed by atoms with Crippen LogP contribution < -0.4 is 10.6 Å². The van der Waals surface area contributed by atoms with Crippen LogP contribution in [0.1, 0.15) is 27.8 Å². The molecule has 0 aliphatic rings. The van der Waals surface area contributed by atoms with Crippen molar-refractivity contribution in [3.05, 3.63) is 29.6 Å². The average Bonchev–Trinajstić information content (AvgIpc) is 2.47. The smallest absolute Gasteiger partial charge is 0.338 e. The number of hydrogen-bond donors (Lipinski definition) is 3. The van der Waals surface area contributed by atoms with Crippen molar-refractivity contribution in [2.75, 3.05) is 20.3 Å². The third kappa shape index (κ3) is 4.84. The monoisotopic (exact) mass is 295 g/mol. The Hall–Kier alpha value is -2.48. The lowest BCUT2D eigenvalue weighted by Crippen LogP contribution is -2.46. The van der Waals surface area contributed by atoms with Gasteiger partial charge in [-0.05, 0) is 19.1 Å². The first-order chi connectivity index (χ1) is 9.97. The van der Waals surface area contributed by atoms with Gasteiger partial charge in [0.05, 0.1) is 12.2 Å². The number of pyridine rings is 1. The number of rotatable bonds is 7. The van der Waals surface area contributed by atoms with Crippen molar-refractivity contribution in [2.45, 2.75) is 13.0 Å². The summed E-state index contributed by atoms with van der Waals surface area (Å²) in [5, 5.41) is 14.0. The van der Waals surface area contributed by atoms with Crippen molar-refractivity contribution >= 4 is 17.8 Å². The zero-order chi connectivity index (χ0) is 15.8. The maximum absolute atomic E-state index is 12.0. The molecule has 1 unspecified atom stereocenters. The Morgan fingerprint density at radius 2 is 2.14 bits per heavy atom. The molecule has 8 heteroatoms. The van der Waals surface area contributed by atoms with Crippen LogP contribution in [0.15, 0.2) is 18.3 Å². The molecule has 0 aromatic carbocycles. The van der Waals surface area contributed by atoms with Crippen molar-refractivity contribution in [2.24, 2.45) is 0 Å². The first-order valence-electron chi connectivity index (χ1n) is 6.23. The van der Waals surface area contributed by atoms with Gasteiger partial charge in [-0.2, -0.15) is 0 Å². The number of nitrogens with one attached hydrogen (secondary N) is 2. The number of amides is 2. The molecule has 0 aliphatic heterocycles. The van der Waals surface area contributed by atoms with Crippen molar-refractivity contribution < 1.29 is 24.2 Å².